The Balaban J connectivity index is 1.50. The van der Waals surface area contributed by atoms with Gasteiger partial charge >= 0.3 is 0 Å². The molecule has 0 N–H and O–H groups in total. The topological polar surface area (TPSA) is 72.4 Å². The monoisotopic (exact) mass is 379 g/mol. The molecule has 25 heavy (non-hydrogen) atoms. The molecule has 1 aromatic heterocycles. The SMILES string of the molecule is Cc1ccc(/C=C/S(=O)(=O)N2CC(COc3cncc(Cl)n3)C2)cc1. The Kier molecular flexibility index (Phi) is 5.36. The first kappa shape index (κ1) is 17.8. The summed E-state index contributed by atoms with van der Waals surface area (Å²) in [6, 6.07) is 7.67. The minimum Gasteiger partial charge on any atom is -0.476 e. The number of ether oxygens (including phenoxy) is 1. The molecule has 1 aliphatic heterocycles. The van der Waals surface area contributed by atoms with Crippen LogP contribution >= 0.6 is 11.6 Å². The standard InChI is InChI=1S/C17H18ClN3O3S/c1-13-2-4-14(5-3-13)6-7-25(22,23)21-10-15(11-21)12-24-17-9-19-8-16(18)20-17/h2-9,15H,10-12H2,1H3/b7-6+. The van der Waals surface area contributed by atoms with Crippen LogP contribution < -0.4 is 4.74 Å². The van der Waals surface area contributed by atoms with Crippen molar-refractivity contribution in [1.82, 2.24) is 14.3 Å². The number of nitrogens with zero attached hydrogens (tertiary/aromatic N) is 3. The summed E-state index contributed by atoms with van der Waals surface area (Å²) in [6.07, 6.45) is 4.51. The highest BCUT2D eigenvalue weighted by molar-refractivity contribution is 7.92. The molecule has 1 fully saturated rings. The lowest BCUT2D eigenvalue weighted by Gasteiger charge is -2.36. The van der Waals surface area contributed by atoms with Crippen LogP contribution in [-0.2, 0) is 10.0 Å². The quantitative estimate of drug-likeness (QED) is 0.771. The molecule has 1 aliphatic rings. The molecule has 0 bridgehead atoms. The van der Waals surface area contributed by atoms with Gasteiger partial charge in [0.2, 0.25) is 15.9 Å². The zero-order valence-electron chi connectivity index (χ0n) is 13.7. The Labute approximate surface area is 152 Å². The van der Waals surface area contributed by atoms with Crippen LogP contribution in [-0.4, -0.2) is 42.4 Å². The van der Waals surface area contributed by atoms with Gasteiger partial charge in [-0.2, -0.15) is 9.29 Å². The van der Waals surface area contributed by atoms with E-state index in [0.29, 0.717) is 25.6 Å². The predicted octanol–water partition coefficient (Wildman–Crippen LogP) is 2.75. The van der Waals surface area contributed by atoms with Gasteiger partial charge in [-0.15, -0.1) is 0 Å². The van der Waals surface area contributed by atoms with Gasteiger partial charge in [-0.1, -0.05) is 41.4 Å². The van der Waals surface area contributed by atoms with E-state index in [1.165, 1.54) is 22.1 Å². The molecule has 6 nitrogen and oxygen atoms in total. The van der Waals surface area contributed by atoms with Crippen LogP contribution in [0.1, 0.15) is 11.1 Å². The van der Waals surface area contributed by atoms with Gasteiger partial charge in [-0.25, -0.2) is 8.42 Å². The zero-order chi connectivity index (χ0) is 17.9. The van der Waals surface area contributed by atoms with Crippen molar-refractivity contribution in [3.8, 4) is 5.88 Å². The third-order valence-corrected chi connectivity index (χ3v) is 5.52. The number of rotatable bonds is 6. The average molecular weight is 380 g/mol. The van der Waals surface area contributed by atoms with E-state index in [4.69, 9.17) is 16.3 Å². The number of hydrogen-bond acceptors (Lipinski definition) is 5. The Morgan fingerprint density at radius 2 is 2.00 bits per heavy atom. The van der Waals surface area contributed by atoms with Crippen LogP contribution in [0.25, 0.3) is 6.08 Å². The lowest BCUT2D eigenvalue weighted by Crippen LogP contribution is -2.51. The molecule has 0 saturated carbocycles. The zero-order valence-corrected chi connectivity index (χ0v) is 15.2. The third-order valence-electron chi connectivity index (χ3n) is 3.84. The average Bonchev–Trinajstić information content (AvgIpc) is 2.53. The van der Waals surface area contributed by atoms with Gasteiger partial charge in [0.25, 0.3) is 0 Å². The summed E-state index contributed by atoms with van der Waals surface area (Å²) in [6.45, 7) is 3.22. The van der Waals surface area contributed by atoms with Crippen molar-refractivity contribution in [2.24, 2.45) is 5.92 Å². The summed E-state index contributed by atoms with van der Waals surface area (Å²) >= 11 is 5.74. The molecule has 2 heterocycles. The van der Waals surface area contributed by atoms with Crippen LogP contribution in [0.4, 0.5) is 0 Å². The molecule has 0 atom stereocenters. The second kappa shape index (κ2) is 7.51. The van der Waals surface area contributed by atoms with Crippen molar-refractivity contribution in [1.29, 1.82) is 0 Å². The van der Waals surface area contributed by atoms with Crippen molar-refractivity contribution in [2.75, 3.05) is 19.7 Å². The number of halogens is 1. The minimum absolute atomic E-state index is 0.128. The fourth-order valence-electron chi connectivity index (χ4n) is 2.36. The normalized spacial score (nSPS) is 16.1. The number of aromatic nitrogens is 2. The van der Waals surface area contributed by atoms with Crippen molar-refractivity contribution >= 4 is 27.7 Å². The first-order chi connectivity index (χ1) is 11.9. The van der Waals surface area contributed by atoms with Crippen LogP contribution in [0.15, 0.2) is 42.1 Å². The van der Waals surface area contributed by atoms with Gasteiger partial charge in [0.1, 0.15) is 0 Å². The highest BCUT2D eigenvalue weighted by Crippen LogP contribution is 2.22. The van der Waals surface area contributed by atoms with E-state index >= 15 is 0 Å². The number of aryl methyl sites for hydroxylation is 1. The molecular formula is C17H18ClN3O3S. The van der Waals surface area contributed by atoms with Crippen LogP contribution in [0.5, 0.6) is 5.88 Å². The molecule has 2 aromatic rings. The van der Waals surface area contributed by atoms with Gasteiger partial charge in [0, 0.05) is 24.4 Å². The Hall–Kier alpha value is -1.96. The summed E-state index contributed by atoms with van der Waals surface area (Å²) < 4.78 is 31.5. The van der Waals surface area contributed by atoms with E-state index in [-0.39, 0.29) is 11.1 Å². The number of sulfonamides is 1. The summed E-state index contributed by atoms with van der Waals surface area (Å²) in [5, 5.41) is 1.51. The van der Waals surface area contributed by atoms with Crippen molar-refractivity contribution in [3.63, 3.8) is 0 Å². The fourth-order valence-corrected chi connectivity index (χ4v) is 3.84. The van der Waals surface area contributed by atoms with Crippen molar-refractivity contribution in [3.05, 3.63) is 58.3 Å². The highest BCUT2D eigenvalue weighted by atomic mass is 35.5. The Bertz CT molecular complexity index is 863. The van der Waals surface area contributed by atoms with E-state index < -0.39 is 10.0 Å². The van der Waals surface area contributed by atoms with E-state index in [0.717, 1.165) is 11.1 Å². The predicted molar refractivity (Wildman–Crippen MR) is 96.7 cm³/mol. The Morgan fingerprint density at radius 3 is 2.68 bits per heavy atom. The van der Waals surface area contributed by atoms with E-state index in [2.05, 4.69) is 9.97 Å². The van der Waals surface area contributed by atoms with Crippen molar-refractivity contribution < 1.29 is 13.2 Å². The molecule has 0 unspecified atom stereocenters. The smallest absolute Gasteiger partial charge is 0.236 e. The maximum atomic E-state index is 12.3. The maximum absolute atomic E-state index is 12.3. The lowest BCUT2D eigenvalue weighted by atomic mass is 10.1. The van der Waals surface area contributed by atoms with Gasteiger partial charge < -0.3 is 4.74 Å². The third kappa shape index (κ3) is 4.78. The van der Waals surface area contributed by atoms with Gasteiger partial charge in [0.05, 0.1) is 19.0 Å². The minimum atomic E-state index is -3.41. The maximum Gasteiger partial charge on any atom is 0.236 e. The molecule has 132 valence electrons. The summed E-state index contributed by atoms with van der Waals surface area (Å²) in [5.41, 5.74) is 1.99. The molecule has 0 aliphatic carbocycles. The van der Waals surface area contributed by atoms with Crippen LogP contribution in [0, 0.1) is 12.8 Å². The lowest BCUT2D eigenvalue weighted by molar-refractivity contribution is 0.127. The summed E-state index contributed by atoms with van der Waals surface area (Å²) in [4.78, 5) is 7.86. The molecular weight excluding hydrogens is 362 g/mol. The molecule has 3 rings (SSSR count). The number of hydrogen-bond donors (Lipinski definition) is 0. The Morgan fingerprint density at radius 1 is 1.28 bits per heavy atom. The van der Waals surface area contributed by atoms with Gasteiger partial charge in [-0.05, 0) is 18.6 Å². The molecule has 0 spiro atoms. The van der Waals surface area contributed by atoms with E-state index in [1.54, 1.807) is 6.08 Å². The molecule has 8 heteroatoms. The first-order valence-corrected chi connectivity index (χ1v) is 9.66. The summed E-state index contributed by atoms with van der Waals surface area (Å²) in [5.74, 6) is 0.469. The summed E-state index contributed by atoms with van der Waals surface area (Å²) in [7, 11) is -3.41. The second-order valence-corrected chi connectivity index (χ2v) is 8.14. The van der Waals surface area contributed by atoms with E-state index in [1.807, 2.05) is 31.2 Å². The molecule has 0 radical (unpaired) electrons. The van der Waals surface area contributed by atoms with Crippen LogP contribution in [0.2, 0.25) is 5.15 Å². The van der Waals surface area contributed by atoms with Crippen molar-refractivity contribution in [2.45, 2.75) is 6.92 Å². The molecule has 1 saturated heterocycles. The largest absolute Gasteiger partial charge is 0.476 e. The van der Waals surface area contributed by atoms with Gasteiger partial charge in [-0.3, -0.25) is 4.98 Å². The van der Waals surface area contributed by atoms with E-state index in [9.17, 15) is 8.42 Å². The first-order valence-electron chi connectivity index (χ1n) is 7.77. The second-order valence-electron chi connectivity index (χ2n) is 5.93. The fraction of sp³-hybridized carbons (Fsp3) is 0.294. The highest BCUT2D eigenvalue weighted by Gasteiger charge is 2.34. The molecule has 0 amide bonds. The van der Waals surface area contributed by atoms with Crippen LogP contribution in [0.3, 0.4) is 0 Å². The molecule has 1 aromatic carbocycles. The number of benzene rings is 1. The van der Waals surface area contributed by atoms with Gasteiger partial charge in [0.15, 0.2) is 5.15 Å².